The Morgan fingerprint density at radius 1 is 1.44 bits per heavy atom. The normalized spacial score (nSPS) is 12.4. The molecule has 1 aromatic carbocycles. The van der Waals surface area contributed by atoms with E-state index < -0.39 is 0 Å². The van der Waals surface area contributed by atoms with Crippen LogP contribution in [0.25, 0.3) is 5.70 Å². The van der Waals surface area contributed by atoms with Gasteiger partial charge in [0, 0.05) is 11.3 Å². The third-order valence-corrected chi connectivity index (χ3v) is 2.21. The van der Waals surface area contributed by atoms with Gasteiger partial charge in [-0.2, -0.15) is 0 Å². The zero-order chi connectivity index (χ0) is 12.0. The second-order valence-electron chi connectivity index (χ2n) is 2.97. The molecular weight excluding hydrogens is 224 g/mol. The molecule has 0 radical (unpaired) electrons. The summed E-state index contributed by atoms with van der Waals surface area (Å²) in [7, 11) is 1.60. The second kappa shape index (κ2) is 5.98. The van der Waals surface area contributed by atoms with Gasteiger partial charge in [-0.15, -0.1) is 0 Å². The number of nitrogens with two attached hydrogens (primary N) is 1. The van der Waals surface area contributed by atoms with Crippen LogP contribution >= 0.6 is 11.6 Å². The minimum absolute atomic E-state index is 0.290. The zero-order valence-electron chi connectivity index (χ0n) is 8.98. The van der Waals surface area contributed by atoms with Crippen molar-refractivity contribution in [1.82, 2.24) is 0 Å². The van der Waals surface area contributed by atoms with E-state index in [0.717, 1.165) is 5.56 Å². The molecule has 0 aromatic heterocycles. The number of allylic oxidation sites excluding steroid dienone is 2. The van der Waals surface area contributed by atoms with Crippen LogP contribution in [0.2, 0.25) is 0 Å². The summed E-state index contributed by atoms with van der Waals surface area (Å²) in [4.78, 5) is 3.54. The molecule has 0 aliphatic carbocycles. The minimum Gasteiger partial charge on any atom is -0.496 e. The zero-order valence-corrected chi connectivity index (χ0v) is 9.74. The molecule has 4 heteroatoms. The molecule has 0 amide bonds. The van der Waals surface area contributed by atoms with E-state index >= 15 is 0 Å². The van der Waals surface area contributed by atoms with E-state index in [1.54, 1.807) is 19.3 Å². The number of aliphatic imine (C=N–C) groups is 1. The molecule has 0 heterocycles. The van der Waals surface area contributed by atoms with Crippen LogP contribution in [0.3, 0.4) is 0 Å². The highest BCUT2D eigenvalue weighted by Gasteiger charge is 2.02. The molecule has 0 fully saturated rings. The lowest BCUT2D eigenvalue weighted by molar-refractivity contribution is 0.413. The summed E-state index contributed by atoms with van der Waals surface area (Å²) in [5.41, 5.74) is 7.26. The first kappa shape index (κ1) is 12.3. The molecule has 0 unspecified atom stereocenters. The Bertz CT molecular complexity index is 438. The molecule has 0 spiro atoms. The van der Waals surface area contributed by atoms with Crippen molar-refractivity contribution in [3.63, 3.8) is 0 Å². The Balaban J connectivity index is 3.04. The fourth-order valence-electron chi connectivity index (χ4n) is 1.18. The number of para-hydroxylation sites is 1. The lowest BCUT2D eigenvalue weighted by atomic mass is 10.1. The first-order valence-corrected chi connectivity index (χ1v) is 5.00. The highest BCUT2D eigenvalue weighted by Crippen LogP contribution is 2.22. The van der Waals surface area contributed by atoms with Crippen molar-refractivity contribution < 1.29 is 4.74 Å². The Morgan fingerprint density at radius 3 is 2.75 bits per heavy atom. The molecule has 1 rings (SSSR count). The smallest absolute Gasteiger partial charge is 0.128 e. The Morgan fingerprint density at radius 2 is 2.12 bits per heavy atom. The van der Waals surface area contributed by atoms with Gasteiger partial charge < -0.3 is 10.5 Å². The maximum atomic E-state index is 5.89. The molecule has 84 valence electrons. The predicted octanol–water partition coefficient (Wildman–Crippen LogP) is 2.78. The summed E-state index contributed by atoms with van der Waals surface area (Å²) in [6.45, 7) is 3.30. The van der Waals surface area contributed by atoms with Crippen LogP contribution in [0.1, 0.15) is 5.56 Å². The fourth-order valence-corrected chi connectivity index (χ4v) is 1.25. The van der Waals surface area contributed by atoms with Crippen LogP contribution in [0.15, 0.2) is 46.6 Å². The van der Waals surface area contributed by atoms with Gasteiger partial charge in [0.2, 0.25) is 0 Å². The van der Waals surface area contributed by atoms with E-state index in [2.05, 4.69) is 11.7 Å². The predicted molar refractivity (Wildman–Crippen MR) is 68.6 cm³/mol. The molecule has 0 saturated heterocycles. The maximum absolute atomic E-state index is 5.89. The lowest BCUT2D eigenvalue weighted by Crippen LogP contribution is -1.98. The summed E-state index contributed by atoms with van der Waals surface area (Å²) < 4.78 is 5.19. The highest BCUT2D eigenvalue weighted by atomic mass is 35.5. The van der Waals surface area contributed by atoms with Crippen LogP contribution in [-0.4, -0.2) is 13.8 Å². The third kappa shape index (κ3) is 3.14. The quantitative estimate of drug-likeness (QED) is 0.497. The minimum atomic E-state index is 0.290. The van der Waals surface area contributed by atoms with Gasteiger partial charge in [-0.3, -0.25) is 4.99 Å². The molecule has 3 nitrogen and oxygen atoms in total. The van der Waals surface area contributed by atoms with E-state index in [1.807, 2.05) is 24.3 Å². The number of methoxy groups -OCH3 is 1. The van der Waals surface area contributed by atoms with Crippen molar-refractivity contribution >= 4 is 24.0 Å². The first-order valence-electron chi connectivity index (χ1n) is 4.62. The monoisotopic (exact) mass is 236 g/mol. The molecule has 16 heavy (non-hydrogen) atoms. The number of ether oxygens (including phenoxy) is 1. The molecule has 0 aliphatic rings. The largest absolute Gasteiger partial charge is 0.496 e. The van der Waals surface area contributed by atoms with E-state index in [9.17, 15) is 0 Å². The van der Waals surface area contributed by atoms with Crippen molar-refractivity contribution in [3.05, 3.63) is 47.1 Å². The van der Waals surface area contributed by atoms with Crippen LogP contribution in [0, 0.1) is 0 Å². The van der Waals surface area contributed by atoms with Gasteiger partial charge in [0.05, 0.1) is 7.11 Å². The van der Waals surface area contributed by atoms with Gasteiger partial charge in [0.1, 0.15) is 10.9 Å². The van der Waals surface area contributed by atoms with Gasteiger partial charge >= 0.3 is 0 Å². The summed E-state index contributed by atoms with van der Waals surface area (Å²) in [6.07, 6.45) is 3.24. The number of hydrogen-bond donors (Lipinski definition) is 1. The average Bonchev–Trinajstić information content (AvgIpc) is 2.35. The summed E-state index contributed by atoms with van der Waals surface area (Å²) in [5.74, 6) is 0.715. The summed E-state index contributed by atoms with van der Waals surface area (Å²) in [6, 6.07) is 7.47. The van der Waals surface area contributed by atoms with E-state index in [4.69, 9.17) is 22.1 Å². The van der Waals surface area contributed by atoms with Crippen LogP contribution in [0.5, 0.6) is 5.75 Å². The van der Waals surface area contributed by atoms with Crippen molar-refractivity contribution in [2.75, 3.05) is 7.11 Å². The number of rotatable bonds is 4. The molecule has 0 saturated carbocycles. The number of benzene rings is 1. The van der Waals surface area contributed by atoms with Crippen LogP contribution in [-0.2, 0) is 0 Å². The van der Waals surface area contributed by atoms with Gasteiger partial charge in [0.25, 0.3) is 0 Å². The van der Waals surface area contributed by atoms with Crippen molar-refractivity contribution in [3.8, 4) is 5.75 Å². The molecular formula is C12H13ClN2O. The Labute approximate surface area is 99.9 Å². The van der Waals surface area contributed by atoms with E-state index in [1.165, 1.54) is 0 Å². The SMILES string of the molecule is C=N/C(Cl)=C\C=C(/N)c1ccccc1OC. The molecule has 0 atom stereocenters. The second-order valence-corrected chi connectivity index (χ2v) is 3.36. The van der Waals surface area contributed by atoms with Crippen molar-refractivity contribution in [2.24, 2.45) is 10.7 Å². The van der Waals surface area contributed by atoms with Gasteiger partial charge in [-0.25, -0.2) is 0 Å². The number of halogens is 1. The lowest BCUT2D eigenvalue weighted by Gasteiger charge is -2.07. The van der Waals surface area contributed by atoms with Crippen LogP contribution < -0.4 is 10.5 Å². The molecule has 0 aliphatic heterocycles. The van der Waals surface area contributed by atoms with Gasteiger partial charge in [-0.05, 0) is 31.0 Å². The molecule has 1 aromatic rings. The fraction of sp³-hybridized carbons (Fsp3) is 0.0833. The topological polar surface area (TPSA) is 47.6 Å². The number of nitrogens with zero attached hydrogens (tertiary/aromatic N) is 1. The van der Waals surface area contributed by atoms with Gasteiger partial charge in [0.15, 0.2) is 0 Å². The summed E-state index contributed by atoms with van der Waals surface area (Å²) in [5, 5.41) is 0.290. The Hall–Kier alpha value is -1.74. The molecule has 0 bridgehead atoms. The van der Waals surface area contributed by atoms with Crippen molar-refractivity contribution in [1.29, 1.82) is 0 Å². The highest BCUT2D eigenvalue weighted by molar-refractivity contribution is 6.29. The van der Waals surface area contributed by atoms with Crippen molar-refractivity contribution in [2.45, 2.75) is 0 Å². The molecule has 2 N–H and O–H groups in total. The van der Waals surface area contributed by atoms with E-state index in [-0.39, 0.29) is 5.16 Å². The Kier molecular flexibility index (Phi) is 4.61. The standard InChI is InChI=1S/C12H13ClN2O/c1-15-12(13)8-7-10(14)9-5-3-4-6-11(9)16-2/h3-8H,1,14H2,2H3/b10-7-,12-8-. The number of hydrogen-bond acceptors (Lipinski definition) is 3. The first-order chi connectivity index (χ1) is 7.69. The maximum Gasteiger partial charge on any atom is 0.128 e. The third-order valence-electron chi connectivity index (χ3n) is 1.97. The van der Waals surface area contributed by atoms with E-state index in [0.29, 0.717) is 11.4 Å². The average molecular weight is 237 g/mol. The summed E-state index contributed by atoms with van der Waals surface area (Å²) >= 11 is 5.67. The van der Waals surface area contributed by atoms with Crippen LogP contribution in [0.4, 0.5) is 0 Å². The van der Waals surface area contributed by atoms with Gasteiger partial charge in [-0.1, -0.05) is 23.7 Å².